The molecule has 0 saturated heterocycles. The molecule has 0 aromatic rings. The van der Waals surface area contributed by atoms with Gasteiger partial charge in [0.15, 0.2) is 5.78 Å². The maximum atomic E-state index is 11.7. The van der Waals surface area contributed by atoms with Crippen molar-refractivity contribution >= 4 is 11.7 Å². The highest BCUT2D eigenvalue weighted by Gasteiger charge is 2.01. The Morgan fingerprint density at radius 2 is 1.38 bits per heavy atom. The number of unbranched alkanes of at least 4 members (excludes halogenated alkanes) is 5. The van der Waals surface area contributed by atoms with E-state index in [9.17, 15) is 9.59 Å². The van der Waals surface area contributed by atoms with Crippen LogP contribution in [0, 0.1) is 0 Å². The van der Waals surface area contributed by atoms with Crippen molar-refractivity contribution in [2.75, 3.05) is 52.8 Å². The Bertz CT molecular complexity index is 391. The summed E-state index contributed by atoms with van der Waals surface area (Å²) in [5.74, 6) is 0.100. The van der Waals surface area contributed by atoms with Crippen LogP contribution in [0.2, 0.25) is 0 Å². The monoisotopic (exact) mass is 417 g/mol. The first-order chi connectivity index (χ1) is 14.1. The van der Waals surface area contributed by atoms with E-state index in [1.54, 1.807) is 0 Å². The molecule has 7 heteroatoms. The van der Waals surface area contributed by atoms with Crippen molar-refractivity contribution in [3.63, 3.8) is 0 Å². The predicted molar refractivity (Wildman–Crippen MR) is 114 cm³/mol. The van der Waals surface area contributed by atoms with Crippen LogP contribution >= 0.6 is 0 Å². The number of carbonyl (C=O) groups excluding carboxylic acids is 2. The number of ether oxygens (including phenoxy) is 4. The Balaban J connectivity index is 3.20. The summed E-state index contributed by atoms with van der Waals surface area (Å²) in [7, 11) is 0. The molecule has 0 saturated carbocycles. The second-order valence-electron chi connectivity index (χ2n) is 7.29. The van der Waals surface area contributed by atoms with Gasteiger partial charge >= 0.3 is 0 Å². The molecule has 0 aliphatic heterocycles. The van der Waals surface area contributed by atoms with Crippen molar-refractivity contribution in [3.05, 3.63) is 0 Å². The van der Waals surface area contributed by atoms with Crippen molar-refractivity contribution in [2.24, 2.45) is 0 Å². The molecule has 1 unspecified atom stereocenters. The van der Waals surface area contributed by atoms with E-state index >= 15 is 0 Å². The molecule has 1 N–H and O–H groups in total. The first kappa shape index (κ1) is 28.0. The normalized spacial score (nSPS) is 12.1. The van der Waals surface area contributed by atoms with Crippen LogP contribution < -0.4 is 5.32 Å². The molecule has 0 radical (unpaired) electrons. The highest BCUT2D eigenvalue weighted by molar-refractivity contribution is 5.76. The summed E-state index contributed by atoms with van der Waals surface area (Å²) in [6.45, 7) is 9.54. The zero-order valence-corrected chi connectivity index (χ0v) is 18.8. The van der Waals surface area contributed by atoms with Crippen LogP contribution in [0.5, 0.6) is 0 Å². The number of hydrogen-bond acceptors (Lipinski definition) is 6. The first-order valence-electron chi connectivity index (χ1n) is 11.2. The Labute approximate surface area is 177 Å². The molecule has 0 aliphatic carbocycles. The molecule has 0 fully saturated rings. The summed E-state index contributed by atoms with van der Waals surface area (Å²) in [4.78, 5) is 22.4. The van der Waals surface area contributed by atoms with Crippen LogP contribution in [-0.4, -0.2) is 70.6 Å². The highest BCUT2D eigenvalue weighted by atomic mass is 16.5. The smallest absolute Gasteiger partial charge is 0.220 e. The summed E-state index contributed by atoms with van der Waals surface area (Å²) in [5, 5.41) is 2.87. The molecule has 0 rings (SSSR count). The Kier molecular flexibility index (Phi) is 20.9. The van der Waals surface area contributed by atoms with Gasteiger partial charge in [0.2, 0.25) is 5.91 Å². The predicted octanol–water partition coefficient (Wildman–Crippen LogP) is 3.29. The van der Waals surface area contributed by atoms with Crippen molar-refractivity contribution in [1.82, 2.24) is 5.32 Å². The topological polar surface area (TPSA) is 83.1 Å². The quantitative estimate of drug-likeness (QED) is 0.272. The number of amides is 1. The standard InChI is InChI=1S/C22H43NO6/c1-4-21(3)29-13-10-8-6-5-7-9-11-22(25)23-12-14-26-15-16-27-17-18-28-19-20(2)24/h21H,4-19H2,1-3H3,(H,23,25). The number of ketones is 1. The minimum Gasteiger partial charge on any atom is -0.379 e. The lowest BCUT2D eigenvalue weighted by Crippen LogP contribution is -2.27. The second-order valence-corrected chi connectivity index (χ2v) is 7.29. The van der Waals surface area contributed by atoms with Crippen molar-refractivity contribution in [1.29, 1.82) is 0 Å². The molecule has 0 bridgehead atoms. The molecule has 0 aromatic heterocycles. The second kappa shape index (κ2) is 21.7. The largest absolute Gasteiger partial charge is 0.379 e. The van der Waals surface area contributed by atoms with Gasteiger partial charge in [-0.3, -0.25) is 9.59 Å². The fraction of sp³-hybridized carbons (Fsp3) is 0.909. The van der Waals surface area contributed by atoms with E-state index in [4.69, 9.17) is 18.9 Å². The Hall–Kier alpha value is -1.02. The van der Waals surface area contributed by atoms with E-state index in [1.165, 1.54) is 26.2 Å². The molecular weight excluding hydrogens is 374 g/mol. The molecule has 1 atom stereocenters. The van der Waals surface area contributed by atoms with Crippen LogP contribution in [0.15, 0.2) is 0 Å². The molecule has 1 amide bonds. The van der Waals surface area contributed by atoms with Crippen LogP contribution in [-0.2, 0) is 28.5 Å². The van der Waals surface area contributed by atoms with E-state index in [-0.39, 0.29) is 18.3 Å². The maximum Gasteiger partial charge on any atom is 0.220 e. The highest BCUT2D eigenvalue weighted by Crippen LogP contribution is 2.08. The first-order valence-corrected chi connectivity index (χ1v) is 11.2. The number of carbonyl (C=O) groups is 2. The number of Topliss-reactive ketones (excluding diaryl/α,β-unsaturated/α-hetero) is 1. The Morgan fingerprint density at radius 1 is 0.793 bits per heavy atom. The fourth-order valence-electron chi connectivity index (χ4n) is 2.50. The van der Waals surface area contributed by atoms with Crippen LogP contribution in [0.4, 0.5) is 0 Å². The molecule has 29 heavy (non-hydrogen) atoms. The van der Waals surface area contributed by atoms with E-state index in [2.05, 4.69) is 19.2 Å². The van der Waals surface area contributed by atoms with Crippen LogP contribution in [0.3, 0.4) is 0 Å². The van der Waals surface area contributed by atoms with E-state index in [0.29, 0.717) is 52.1 Å². The molecular formula is C22H43NO6. The zero-order chi connectivity index (χ0) is 21.6. The molecule has 0 aliphatic rings. The van der Waals surface area contributed by atoms with Gasteiger partial charge < -0.3 is 24.3 Å². The Morgan fingerprint density at radius 3 is 2.03 bits per heavy atom. The van der Waals surface area contributed by atoms with Gasteiger partial charge in [-0.05, 0) is 33.1 Å². The number of rotatable bonds is 22. The maximum absolute atomic E-state index is 11.7. The third-order valence-corrected chi connectivity index (χ3v) is 4.39. The minimum absolute atomic E-state index is 0.00815. The van der Waals surface area contributed by atoms with Crippen LogP contribution in [0.25, 0.3) is 0 Å². The lowest BCUT2D eigenvalue weighted by molar-refractivity contribution is -0.122. The number of hydrogen-bond donors (Lipinski definition) is 1. The van der Waals surface area contributed by atoms with Crippen LogP contribution in [0.1, 0.15) is 72.1 Å². The van der Waals surface area contributed by atoms with Crippen molar-refractivity contribution in [2.45, 2.75) is 78.2 Å². The average Bonchev–Trinajstić information content (AvgIpc) is 2.70. The third kappa shape index (κ3) is 23.1. The van der Waals surface area contributed by atoms with Gasteiger partial charge in [-0.1, -0.05) is 32.6 Å². The van der Waals surface area contributed by atoms with Gasteiger partial charge in [0, 0.05) is 19.6 Å². The van der Waals surface area contributed by atoms with E-state index in [1.807, 2.05) is 0 Å². The van der Waals surface area contributed by atoms with Crippen molar-refractivity contribution in [3.8, 4) is 0 Å². The fourth-order valence-corrected chi connectivity index (χ4v) is 2.50. The van der Waals surface area contributed by atoms with E-state index in [0.717, 1.165) is 32.3 Å². The van der Waals surface area contributed by atoms with Gasteiger partial charge in [0.25, 0.3) is 0 Å². The zero-order valence-electron chi connectivity index (χ0n) is 18.8. The van der Waals surface area contributed by atoms with Gasteiger partial charge in [-0.25, -0.2) is 0 Å². The lowest BCUT2D eigenvalue weighted by Gasteiger charge is -2.10. The third-order valence-electron chi connectivity index (χ3n) is 4.39. The minimum atomic E-state index is 0.00815. The van der Waals surface area contributed by atoms with Gasteiger partial charge in [0.05, 0.1) is 39.1 Å². The summed E-state index contributed by atoms with van der Waals surface area (Å²) in [6, 6.07) is 0. The van der Waals surface area contributed by atoms with Gasteiger partial charge in [-0.15, -0.1) is 0 Å². The average molecular weight is 418 g/mol. The summed E-state index contributed by atoms with van der Waals surface area (Å²) in [6.07, 6.45) is 8.79. The van der Waals surface area contributed by atoms with Gasteiger partial charge in [-0.2, -0.15) is 0 Å². The number of nitrogens with one attached hydrogen (secondary N) is 1. The van der Waals surface area contributed by atoms with Gasteiger partial charge in [0.1, 0.15) is 6.61 Å². The SMILES string of the molecule is CCC(C)OCCCCCCCCC(=O)NCCOCCOCCOCC(C)=O. The molecule has 0 heterocycles. The lowest BCUT2D eigenvalue weighted by atomic mass is 10.1. The van der Waals surface area contributed by atoms with E-state index < -0.39 is 0 Å². The molecule has 0 aromatic carbocycles. The molecule has 0 spiro atoms. The molecule has 7 nitrogen and oxygen atoms in total. The summed E-state index contributed by atoms with van der Waals surface area (Å²) < 4.78 is 21.4. The summed E-state index contributed by atoms with van der Waals surface area (Å²) in [5.41, 5.74) is 0. The molecule has 172 valence electrons. The summed E-state index contributed by atoms with van der Waals surface area (Å²) >= 11 is 0. The van der Waals surface area contributed by atoms with Crippen molar-refractivity contribution < 1.29 is 28.5 Å².